The van der Waals surface area contributed by atoms with E-state index < -0.39 is 0 Å². The highest BCUT2D eigenvalue weighted by Crippen LogP contribution is 2.40. The van der Waals surface area contributed by atoms with Gasteiger partial charge in [0.25, 0.3) is 0 Å². The molecule has 4 atom stereocenters. The first-order valence-electron chi connectivity index (χ1n) is 8.89. The Morgan fingerprint density at radius 1 is 1.10 bits per heavy atom. The largest absolute Gasteiger partial charge is 0.373 e. The molecule has 0 heterocycles. The van der Waals surface area contributed by atoms with Crippen molar-refractivity contribution in [1.29, 1.82) is 0 Å². The van der Waals surface area contributed by atoms with Gasteiger partial charge in [-0.05, 0) is 50.0 Å². The summed E-state index contributed by atoms with van der Waals surface area (Å²) in [6.45, 7) is 10.5. The number of hydrogen-bond acceptors (Lipinski definition) is 2. The van der Waals surface area contributed by atoms with Crippen LogP contribution in [0.1, 0.15) is 79.1 Å². The lowest BCUT2D eigenvalue weighted by Gasteiger charge is -2.41. The van der Waals surface area contributed by atoms with Gasteiger partial charge >= 0.3 is 0 Å². The normalized spacial score (nSPS) is 38.4. The van der Waals surface area contributed by atoms with Crippen LogP contribution in [0, 0.1) is 11.3 Å². The highest BCUT2D eigenvalue weighted by molar-refractivity contribution is 4.86. The van der Waals surface area contributed by atoms with Crippen LogP contribution in [0.2, 0.25) is 0 Å². The fraction of sp³-hybridized carbons (Fsp3) is 1.00. The fourth-order valence-corrected chi connectivity index (χ4v) is 4.54. The molecule has 2 aliphatic rings. The minimum absolute atomic E-state index is 0.448. The second-order valence-corrected chi connectivity index (χ2v) is 8.01. The van der Waals surface area contributed by atoms with E-state index in [2.05, 4.69) is 33.0 Å². The van der Waals surface area contributed by atoms with Gasteiger partial charge in [-0.3, -0.25) is 0 Å². The Kier molecular flexibility index (Phi) is 5.92. The monoisotopic (exact) mass is 281 g/mol. The minimum atomic E-state index is 0.448. The Labute approximate surface area is 126 Å². The summed E-state index contributed by atoms with van der Waals surface area (Å²) in [7, 11) is 0. The van der Waals surface area contributed by atoms with Crippen molar-refractivity contribution in [2.24, 2.45) is 11.3 Å². The number of hydrogen-bond donors (Lipinski definition) is 1. The maximum atomic E-state index is 6.62. The van der Waals surface area contributed by atoms with Crippen molar-refractivity contribution in [3.63, 3.8) is 0 Å². The molecule has 2 aliphatic carbocycles. The second kappa shape index (κ2) is 7.26. The van der Waals surface area contributed by atoms with Crippen molar-refractivity contribution in [2.75, 3.05) is 6.54 Å². The summed E-state index contributed by atoms with van der Waals surface area (Å²) in [6, 6.07) is 0.586. The summed E-state index contributed by atoms with van der Waals surface area (Å²) < 4.78 is 6.62. The SMILES string of the molecule is CCNC1CCCCCC1OC1CC(C)CC(C)(C)C1. The zero-order valence-electron chi connectivity index (χ0n) is 14.1. The molecule has 20 heavy (non-hydrogen) atoms. The quantitative estimate of drug-likeness (QED) is 0.765. The van der Waals surface area contributed by atoms with E-state index in [9.17, 15) is 0 Å². The van der Waals surface area contributed by atoms with Gasteiger partial charge in [-0.2, -0.15) is 0 Å². The lowest BCUT2D eigenvalue weighted by molar-refractivity contribution is -0.0795. The third-order valence-electron chi connectivity index (χ3n) is 5.13. The van der Waals surface area contributed by atoms with E-state index in [0.717, 1.165) is 12.5 Å². The van der Waals surface area contributed by atoms with Gasteiger partial charge in [0.05, 0.1) is 12.2 Å². The van der Waals surface area contributed by atoms with Crippen LogP contribution in [0.4, 0.5) is 0 Å². The zero-order chi connectivity index (χ0) is 14.6. The number of ether oxygens (including phenoxy) is 1. The van der Waals surface area contributed by atoms with E-state index in [0.29, 0.717) is 23.7 Å². The first-order valence-corrected chi connectivity index (χ1v) is 8.89. The van der Waals surface area contributed by atoms with E-state index in [4.69, 9.17) is 4.74 Å². The van der Waals surface area contributed by atoms with Gasteiger partial charge in [0, 0.05) is 6.04 Å². The molecule has 2 heteroatoms. The lowest BCUT2D eigenvalue weighted by Crippen LogP contribution is -2.44. The van der Waals surface area contributed by atoms with Crippen molar-refractivity contribution >= 4 is 0 Å². The van der Waals surface area contributed by atoms with Crippen LogP contribution in [0.3, 0.4) is 0 Å². The predicted molar refractivity (Wildman–Crippen MR) is 86.0 cm³/mol. The molecule has 0 bridgehead atoms. The van der Waals surface area contributed by atoms with Crippen molar-refractivity contribution in [3.8, 4) is 0 Å². The van der Waals surface area contributed by atoms with Crippen LogP contribution in [0.15, 0.2) is 0 Å². The van der Waals surface area contributed by atoms with Gasteiger partial charge in [0.1, 0.15) is 0 Å². The van der Waals surface area contributed by atoms with Crippen molar-refractivity contribution in [3.05, 3.63) is 0 Å². The van der Waals surface area contributed by atoms with Crippen LogP contribution >= 0.6 is 0 Å². The third-order valence-corrected chi connectivity index (χ3v) is 5.13. The maximum Gasteiger partial charge on any atom is 0.0731 e. The number of rotatable bonds is 4. The summed E-state index contributed by atoms with van der Waals surface area (Å²) >= 11 is 0. The van der Waals surface area contributed by atoms with Crippen molar-refractivity contribution < 1.29 is 4.74 Å². The summed E-state index contributed by atoms with van der Waals surface area (Å²) in [5.74, 6) is 0.812. The standard InChI is InChI=1S/C18H35NO/c1-5-19-16-9-7-6-8-10-17(16)20-15-11-14(2)12-18(3,4)13-15/h14-17,19H,5-13H2,1-4H3. The van der Waals surface area contributed by atoms with E-state index in [1.807, 2.05) is 0 Å². The summed E-state index contributed by atoms with van der Waals surface area (Å²) in [5.41, 5.74) is 0.459. The van der Waals surface area contributed by atoms with Crippen LogP contribution in [0.5, 0.6) is 0 Å². The molecule has 0 aromatic rings. The molecule has 0 aromatic carbocycles. The Bertz CT molecular complexity index is 289. The van der Waals surface area contributed by atoms with Gasteiger partial charge in [-0.1, -0.05) is 47.0 Å². The van der Waals surface area contributed by atoms with Crippen molar-refractivity contribution in [2.45, 2.75) is 97.3 Å². The first-order chi connectivity index (χ1) is 9.50. The Balaban J connectivity index is 1.94. The first kappa shape index (κ1) is 16.3. The molecule has 0 amide bonds. The highest BCUT2D eigenvalue weighted by atomic mass is 16.5. The Morgan fingerprint density at radius 2 is 1.85 bits per heavy atom. The molecule has 2 nitrogen and oxygen atoms in total. The average Bonchev–Trinajstić information content (AvgIpc) is 2.53. The summed E-state index contributed by atoms with van der Waals surface area (Å²) in [6.07, 6.45) is 11.4. The van der Waals surface area contributed by atoms with E-state index in [1.165, 1.54) is 51.4 Å². The number of nitrogens with one attached hydrogen (secondary N) is 1. The van der Waals surface area contributed by atoms with E-state index in [1.54, 1.807) is 0 Å². The topological polar surface area (TPSA) is 21.3 Å². The molecule has 4 unspecified atom stereocenters. The van der Waals surface area contributed by atoms with E-state index >= 15 is 0 Å². The van der Waals surface area contributed by atoms with Gasteiger partial charge in [-0.15, -0.1) is 0 Å². The fourth-order valence-electron chi connectivity index (χ4n) is 4.54. The molecular formula is C18H35NO. The van der Waals surface area contributed by atoms with Gasteiger partial charge in [0.2, 0.25) is 0 Å². The van der Waals surface area contributed by atoms with Crippen LogP contribution in [0.25, 0.3) is 0 Å². The molecule has 0 aromatic heterocycles. The lowest BCUT2D eigenvalue weighted by atomic mass is 9.71. The maximum absolute atomic E-state index is 6.62. The average molecular weight is 281 g/mol. The molecule has 2 fully saturated rings. The summed E-state index contributed by atoms with van der Waals surface area (Å²) in [5, 5.41) is 3.67. The smallest absolute Gasteiger partial charge is 0.0731 e. The van der Waals surface area contributed by atoms with Gasteiger partial charge in [-0.25, -0.2) is 0 Å². The molecule has 0 saturated heterocycles. The van der Waals surface area contributed by atoms with Crippen LogP contribution < -0.4 is 5.32 Å². The Morgan fingerprint density at radius 3 is 2.55 bits per heavy atom. The third kappa shape index (κ3) is 4.73. The molecule has 0 radical (unpaired) electrons. The molecule has 0 aliphatic heterocycles. The van der Waals surface area contributed by atoms with Crippen molar-refractivity contribution in [1.82, 2.24) is 5.32 Å². The molecule has 118 valence electrons. The summed E-state index contributed by atoms with van der Waals surface area (Å²) in [4.78, 5) is 0. The molecular weight excluding hydrogens is 246 g/mol. The van der Waals surface area contributed by atoms with Gasteiger partial charge in [0.15, 0.2) is 0 Å². The minimum Gasteiger partial charge on any atom is -0.373 e. The number of likely N-dealkylation sites (N-methyl/N-ethyl adjacent to an activating group) is 1. The molecule has 2 saturated carbocycles. The Hall–Kier alpha value is -0.0800. The molecule has 2 rings (SSSR count). The van der Waals surface area contributed by atoms with Crippen LogP contribution in [-0.4, -0.2) is 24.8 Å². The molecule has 1 N–H and O–H groups in total. The second-order valence-electron chi connectivity index (χ2n) is 8.01. The molecule has 0 spiro atoms. The van der Waals surface area contributed by atoms with Crippen LogP contribution in [-0.2, 0) is 4.74 Å². The predicted octanol–water partition coefficient (Wildman–Crippen LogP) is 4.53. The van der Waals surface area contributed by atoms with E-state index in [-0.39, 0.29) is 0 Å². The van der Waals surface area contributed by atoms with Gasteiger partial charge < -0.3 is 10.1 Å². The zero-order valence-corrected chi connectivity index (χ0v) is 14.1. The highest BCUT2D eigenvalue weighted by Gasteiger charge is 2.35.